The number of hydrogen-bond donors (Lipinski definition) is 1. The van der Waals surface area contributed by atoms with E-state index >= 15 is 0 Å². The van der Waals surface area contributed by atoms with Crippen molar-refractivity contribution < 1.29 is 4.52 Å². The molecule has 0 aliphatic rings. The third kappa shape index (κ3) is 4.17. The van der Waals surface area contributed by atoms with Gasteiger partial charge in [0.15, 0.2) is 0 Å². The Labute approximate surface area is 154 Å². The van der Waals surface area contributed by atoms with Gasteiger partial charge in [0.25, 0.3) is 4.97 Å². The molecule has 0 aliphatic heterocycles. The summed E-state index contributed by atoms with van der Waals surface area (Å²) < 4.78 is 5.31. The summed E-state index contributed by atoms with van der Waals surface area (Å²) in [5.41, 5.74) is 4.16. The first kappa shape index (κ1) is 17.4. The van der Waals surface area contributed by atoms with E-state index < -0.39 is 4.97 Å². The monoisotopic (exact) mass is 397 g/mol. The Morgan fingerprint density at radius 2 is 1.71 bits per heavy atom. The van der Waals surface area contributed by atoms with Gasteiger partial charge in [0.1, 0.15) is 17.9 Å². The predicted octanol–water partition coefficient (Wildman–Crippen LogP) is 6.07. The fourth-order valence-corrected chi connectivity index (χ4v) is 3.38. The lowest BCUT2D eigenvalue weighted by atomic mass is 10.1. The summed E-state index contributed by atoms with van der Waals surface area (Å²) in [4.78, 5) is 5.90. The number of benzene rings is 2. The van der Waals surface area contributed by atoms with Crippen LogP contribution in [0.2, 0.25) is 0 Å². The molecule has 4 nitrogen and oxygen atoms in total. The molecule has 3 rings (SSSR count). The molecule has 0 unspecified atom stereocenters. The van der Waals surface area contributed by atoms with Gasteiger partial charge in [0.2, 0.25) is 0 Å². The van der Waals surface area contributed by atoms with Gasteiger partial charge in [0.05, 0.1) is 5.52 Å². The molecule has 0 spiro atoms. The average Bonchev–Trinajstić information content (AvgIpc) is 2.50. The molecule has 1 heterocycles. The highest BCUT2D eigenvalue weighted by Gasteiger charge is 2.11. The summed E-state index contributed by atoms with van der Waals surface area (Å²) in [6, 6.07) is 11.4. The van der Waals surface area contributed by atoms with Gasteiger partial charge >= 0.3 is 0 Å². The highest BCUT2D eigenvalue weighted by molar-refractivity contribution is 8.36. The molecule has 3 aromatic rings. The Bertz CT molecular complexity index is 944. The average molecular weight is 398 g/mol. The van der Waals surface area contributed by atoms with E-state index in [1.807, 2.05) is 12.1 Å². The maximum Gasteiger partial charge on any atom is 0.289 e. The minimum Gasteiger partial charge on any atom is -0.441 e. The van der Waals surface area contributed by atoms with Gasteiger partial charge in [-0.2, -0.15) is 0 Å². The first-order chi connectivity index (χ1) is 11.3. The Balaban J connectivity index is 1.90. The number of anilines is 2. The van der Waals surface area contributed by atoms with Gasteiger partial charge in [-0.25, -0.2) is 9.97 Å². The van der Waals surface area contributed by atoms with Crippen molar-refractivity contribution in [2.24, 2.45) is 0 Å². The molecule has 2 aromatic carbocycles. The highest BCUT2D eigenvalue weighted by atomic mass is 35.9. The molecule has 24 heavy (non-hydrogen) atoms. The van der Waals surface area contributed by atoms with Crippen LogP contribution in [0.3, 0.4) is 0 Å². The van der Waals surface area contributed by atoms with E-state index in [0.717, 1.165) is 22.4 Å². The second kappa shape index (κ2) is 6.85. The fraction of sp³-hybridized carbons (Fsp3) is 0.125. The van der Waals surface area contributed by atoms with Crippen molar-refractivity contribution in [3.05, 3.63) is 53.9 Å². The Kier molecular flexibility index (Phi) is 4.97. The fourth-order valence-electron chi connectivity index (χ4n) is 2.27. The van der Waals surface area contributed by atoms with Crippen LogP contribution in [0.5, 0.6) is 5.75 Å². The molecule has 0 bridgehead atoms. The quantitative estimate of drug-likeness (QED) is 0.541. The lowest BCUT2D eigenvalue weighted by molar-refractivity contribution is 0.636. The van der Waals surface area contributed by atoms with Crippen LogP contribution >= 0.6 is 27.5 Å². The first-order valence-electron chi connectivity index (χ1n) is 7.10. The van der Waals surface area contributed by atoms with E-state index in [1.54, 1.807) is 18.5 Å². The number of aryl methyl sites for hydroxylation is 2. The minimum atomic E-state index is -2.78. The molecule has 0 atom stereocenters. The molecule has 1 aromatic heterocycles. The summed E-state index contributed by atoms with van der Waals surface area (Å²) in [5, 5.41) is 4.26. The molecular weight excluding hydrogens is 384 g/mol. The maximum atomic E-state index is 5.77. The molecule has 8 heteroatoms. The Morgan fingerprint density at radius 1 is 1.04 bits per heavy atom. The van der Waals surface area contributed by atoms with Gasteiger partial charge in [0, 0.05) is 11.1 Å². The standard InChI is InChI=1S/C16H14Cl2N3OPS/c1-10-7-14-15(8-11(10)2)19-9-20-16(14)21-12-3-5-13(6-4-12)22-23(17,18)24/h3-9H,1-2H3,(H,19,20,21). The second-order valence-corrected chi connectivity index (χ2v) is 12.5. The summed E-state index contributed by atoms with van der Waals surface area (Å²) in [6.07, 6.45) is 1.55. The van der Waals surface area contributed by atoms with Crippen molar-refractivity contribution in [1.29, 1.82) is 0 Å². The number of halogens is 2. The Hall–Kier alpha value is -1.39. The topological polar surface area (TPSA) is 47.0 Å². The minimum absolute atomic E-state index is 0.535. The zero-order valence-electron chi connectivity index (χ0n) is 13.0. The van der Waals surface area contributed by atoms with Crippen molar-refractivity contribution in [2.45, 2.75) is 13.8 Å². The second-order valence-electron chi connectivity index (χ2n) is 5.33. The normalized spacial score (nSPS) is 11.5. The van der Waals surface area contributed by atoms with Crippen molar-refractivity contribution in [3.63, 3.8) is 0 Å². The molecular formula is C16H14Cl2N3OPS. The van der Waals surface area contributed by atoms with Crippen LogP contribution in [0.15, 0.2) is 42.7 Å². The van der Waals surface area contributed by atoms with E-state index in [9.17, 15) is 0 Å². The number of rotatable bonds is 4. The molecule has 0 fully saturated rings. The summed E-state index contributed by atoms with van der Waals surface area (Å²) >= 11 is 16.4. The number of aromatic nitrogens is 2. The maximum absolute atomic E-state index is 5.77. The van der Waals surface area contributed by atoms with Crippen LogP contribution in [0.4, 0.5) is 11.5 Å². The van der Waals surface area contributed by atoms with Gasteiger partial charge in [-0.15, -0.1) is 0 Å². The van der Waals surface area contributed by atoms with Gasteiger partial charge in [-0.05, 0) is 95.7 Å². The lowest BCUT2D eigenvalue weighted by Gasteiger charge is -2.12. The zero-order valence-corrected chi connectivity index (χ0v) is 16.2. The van der Waals surface area contributed by atoms with E-state index in [0.29, 0.717) is 5.75 Å². The summed E-state index contributed by atoms with van der Waals surface area (Å²) in [6.45, 7) is 4.14. The Morgan fingerprint density at radius 3 is 2.38 bits per heavy atom. The molecule has 0 radical (unpaired) electrons. The van der Waals surface area contributed by atoms with E-state index in [2.05, 4.69) is 41.3 Å². The van der Waals surface area contributed by atoms with E-state index in [1.165, 1.54) is 11.1 Å². The summed E-state index contributed by atoms with van der Waals surface area (Å²) in [5.74, 6) is 1.28. The molecule has 0 amide bonds. The van der Waals surface area contributed by atoms with Crippen LogP contribution in [-0.2, 0) is 11.8 Å². The number of fused-ring (bicyclic) bond motifs is 1. The molecule has 0 saturated heterocycles. The number of nitrogens with one attached hydrogen (secondary N) is 1. The first-order valence-corrected chi connectivity index (χ1v) is 11.6. The third-order valence-electron chi connectivity index (χ3n) is 3.58. The molecule has 0 saturated carbocycles. The molecule has 124 valence electrons. The smallest absolute Gasteiger partial charge is 0.289 e. The largest absolute Gasteiger partial charge is 0.441 e. The lowest BCUT2D eigenvalue weighted by Crippen LogP contribution is -1.97. The van der Waals surface area contributed by atoms with Crippen LogP contribution < -0.4 is 9.84 Å². The van der Waals surface area contributed by atoms with Crippen LogP contribution in [0, 0.1) is 13.8 Å². The van der Waals surface area contributed by atoms with Crippen molar-refractivity contribution in [3.8, 4) is 5.75 Å². The van der Waals surface area contributed by atoms with Gasteiger partial charge in [-0.3, -0.25) is 0 Å². The molecule has 0 aliphatic carbocycles. The van der Waals surface area contributed by atoms with Gasteiger partial charge in [-0.1, -0.05) is 0 Å². The van der Waals surface area contributed by atoms with Crippen molar-refractivity contribution >= 4 is 61.7 Å². The van der Waals surface area contributed by atoms with Crippen LogP contribution in [-0.4, -0.2) is 9.97 Å². The van der Waals surface area contributed by atoms with Crippen LogP contribution in [0.25, 0.3) is 10.9 Å². The van der Waals surface area contributed by atoms with E-state index in [-0.39, 0.29) is 0 Å². The number of hydrogen-bond acceptors (Lipinski definition) is 5. The van der Waals surface area contributed by atoms with Crippen LogP contribution in [0.1, 0.15) is 11.1 Å². The highest BCUT2D eigenvalue weighted by Crippen LogP contribution is 2.57. The van der Waals surface area contributed by atoms with Crippen molar-refractivity contribution in [2.75, 3.05) is 5.32 Å². The zero-order chi connectivity index (χ0) is 17.3. The molecule has 1 N–H and O–H groups in total. The summed E-state index contributed by atoms with van der Waals surface area (Å²) in [7, 11) is 0. The third-order valence-corrected chi connectivity index (χ3v) is 4.64. The van der Waals surface area contributed by atoms with Gasteiger partial charge < -0.3 is 9.84 Å². The predicted molar refractivity (Wildman–Crippen MR) is 105 cm³/mol. The number of nitrogens with zero attached hydrogens (tertiary/aromatic N) is 2. The van der Waals surface area contributed by atoms with E-state index in [4.69, 9.17) is 38.8 Å². The SMILES string of the molecule is Cc1cc2ncnc(Nc3ccc(OP(=S)(Cl)Cl)cc3)c2cc1C. The van der Waals surface area contributed by atoms with Crippen molar-refractivity contribution in [1.82, 2.24) is 9.97 Å².